The number of hydrogen-bond donors (Lipinski definition) is 2. The monoisotopic (exact) mass is 446 g/mol. The zero-order valence-electron chi connectivity index (χ0n) is 17.2. The van der Waals surface area contributed by atoms with Gasteiger partial charge in [-0.15, -0.1) is 0 Å². The quantitative estimate of drug-likeness (QED) is 0.604. The maximum Gasteiger partial charge on any atom is 0.416 e. The molecule has 2 aromatic heterocycles. The van der Waals surface area contributed by atoms with Gasteiger partial charge in [0.05, 0.1) is 18.2 Å². The van der Waals surface area contributed by atoms with Crippen molar-refractivity contribution in [2.24, 2.45) is 0 Å². The van der Waals surface area contributed by atoms with E-state index in [9.17, 15) is 18.0 Å². The highest BCUT2D eigenvalue weighted by Crippen LogP contribution is 2.29. The van der Waals surface area contributed by atoms with E-state index in [0.29, 0.717) is 30.5 Å². The number of amides is 1. The largest absolute Gasteiger partial charge is 0.416 e. The van der Waals surface area contributed by atoms with Crippen molar-refractivity contribution in [1.82, 2.24) is 24.8 Å². The summed E-state index contributed by atoms with van der Waals surface area (Å²) in [5, 5.41) is 5.81. The molecule has 1 aliphatic rings. The first-order valence-electron chi connectivity index (χ1n) is 9.96. The second-order valence-electron chi connectivity index (χ2n) is 7.45. The number of carbonyl (C=O) groups excluding carboxylic acids is 1. The van der Waals surface area contributed by atoms with Crippen LogP contribution in [0.5, 0.6) is 0 Å². The second-order valence-corrected chi connectivity index (χ2v) is 7.45. The number of aryl methyl sites for hydroxylation is 1. The molecule has 0 bridgehead atoms. The molecule has 11 heteroatoms. The summed E-state index contributed by atoms with van der Waals surface area (Å²) in [4.78, 5) is 25.4. The van der Waals surface area contributed by atoms with E-state index in [1.807, 2.05) is 6.92 Å². The Bertz CT molecular complexity index is 1110. The number of nitrogens with zero attached hydrogens (tertiary/aromatic N) is 4. The predicted molar refractivity (Wildman–Crippen MR) is 109 cm³/mol. The summed E-state index contributed by atoms with van der Waals surface area (Å²) in [6.07, 6.45) is 1.07. The molecule has 2 N–H and O–H groups in total. The molecule has 1 fully saturated rings. The average Bonchev–Trinajstić information content (AvgIpc) is 3.45. The lowest BCUT2D eigenvalue weighted by Crippen LogP contribution is -2.23. The minimum absolute atomic E-state index is 0.0559. The van der Waals surface area contributed by atoms with Crippen LogP contribution in [0.4, 0.5) is 19.1 Å². The van der Waals surface area contributed by atoms with Gasteiger partial charge in [-0.05, 0) is 31.0 Å². The summed E-state index contributed by atoms with van der Waals surface area (Å²) in [5.74, 6) is 0.505. The predicted octanol–water partition coefficient (Wildman–Crippen LogP) is 3.12. The fourth-order valence-electron chi connectivity index (χ4n) is 3.28. The Hall–Kier alpha value is -3.47. The van der Waals surface area contributed by atoms with Crippen LogP contribution in [0.2, 0.25) is 0 Å². The smallest absolute Gasteiger partial charge is 0.379 e. The summed E-state index contributed by atoms with van der Waals surface area (Å²) in [5.41, 5.74) is 0.479. The Morgan fingerprint density at radius 1 is 1.31 bits per heavy atom. The number of halogens is 3. The number of hydrogen-bond acceptors (Lipinski definition) is 6. The van der Waals surface area contributed by atoms with Crippen LogP contribution >= 0.6 is 0 Å². The van der Waals surface area contributed by atoms with Crippen LogP contribution in [-0.2, 0) is 17.5 Å². The van der Waals surface area contributed by atoms with Gasteiger partial charge in [0.15, 0.2) is 0 Å². The fraction of sp³-hybridized carbons (Fsp3) is 0.333. The highest BCUT2D eigenvalue weighted by atomic mass is 19.4. The minimum Gasteiger partial charge on any atom is -0.379 e. The number of carbonyl (C=O) groups is 1. The fourth-order valence-corrected chi connectivity index (χ4v) is 3.28. The lowest BCUT2D eigenvalue weighted by Gasteiger charge is -2.12. The molecule has 3 aromatic rings. The topological polar surface area (TPSA) is 94.0 Å². The number of benzene rings is 1. The summed E-state index contributed by atoms with van der Waals surface area (Å²) >= 11 is 0. The highest BCUT2D eigenvalue weighted by molar-refractivity contribution is 5.92. The molecular formula is C21H21F3N6O2. The zero-order chi connectivity index (χ0) is 22.7. The first-order valence-corrected chi connectivity index (χ1v) is 9.96. The van der Waals surface area contributed by atoms with Crippen molar-refractivity contribution in [1.29, 1.82) is 0 Å². The number of anilines is 1. The number of imidazole rings is 1. The number of rotatable bonds is 6. The Balaban J connectivity index is 1.44. The van der Waals surface area contributed by atoms with Gasteiger partial charge in [0.25, 0.3) is 5.91 Å². The van der Waals surface area contributed by atoms with Gasteiger partial charge in [-0.25, -0.2) is 9.97 Å². The molecule has 3 heterocycles. The Morgan fingerprint density at radius 3 is 2.91 bits per heavy atom. The molecular weight excluding hydrogens is 425 g/mol. The van der Waals surface area contributed by atoms with E-state index < -0.39 is 17.6 Å². The van der Waals surface area contributed by atoms with Crippen molar-refractivity contribution in [3.8, 4) is 5.82 Å². The van der Waals surface area contributed by atoms with Crippen molar-refractivity contribution in [3.05, 3.63) is 65.4 Å². The van der Waals surface area contributed by atoms with E-state index in [0.717, 1.165) is 24.1 Å². The molecule has 168 valence electrons. The van der Waals surface area contributed by atoms with Gasteiger partial charge >= 0.3 is 6.18 Å². The van der Waals surface area contributed by atoms with Crippen molar-refractivity contribution in [2.75, 3.05) is 18.5 Å². The lowest BCUT2D eigenvalue weighted by molar-refractivity contribution is -0.137. The van der Waals surface area contributed by atoms with Crippen LogP contribution in [0, 0.1) is 6.92 Å². The summed E-state index contributed by atoms with van der Waals surface area (Å²) in [6.45, 7) is 3.07. The molecule has 0 aliphatic carbocycles. The third-order valence-corrected chi connectivity index (χ3v) is 4.98. The molecule has 0 saturated carbocycles. The maximum absolute atomic E-state index is 12.8. The summed E-state index contributed by atoms with van der Waals surface area (Å²) < 4.78 is 45.5. The van der Waals surface area contributed by atoms with Crippen LogP contribution in [-0.4, -0.2) is 44.7 Å². The van der Waals surface area contributed by atoms with Gasteiger partial charge in [0, 0.05) is 31.1 Å². The molecule has 1 amide bonds. The number of nitrogens with one attached hydrogen (secondary N) is 2. The van der Waals surface area contributed by atoms with E-state index >= 15 is 0 Å². The molecule has 32 heavy (non-hydrogen) atoms. The summed E-state index contributed by atoms with van der Waals surface area (Å²) in [7, 11) is 0. The molecule has 1 saturated heterocycles. The van der Waals surface area contributed by atoms with Crippen molar-refractivity contribution in [2.45, 2.75) is 32.1 Å². The van der Waals surface area contributed by atoms with Gasteiger partial charge in [0.1, 0.15) is 17.8 Å². The first-order chi connectivity index (χ1) is 15.3. The SMILES string of the molecule is Cc1cnc(N[C@H]2CCOC2)nc1-n1cnc(C(=O)NCc2cccc(C(F)(F)F)c2)c1. The van der Waals surface area contributed by atoms with E-state index in [-0.39, 0.29) is 18.3 Å². The number of aromatic nitrogens is 4. The molecule has 0 radical (unpaired) electrons. The lowest BCUT2D eigenvalue weighted by atomic mass is 10.1. The average molecular weight is 446 g/mol. The molecule has 1 atom stereocenters. The number of ether oxygens (including phenoxy) is 1. The van der Waals surface area contributed by atoms with Crippen LogP contribution in [0.25, 0.3) is 5.82 Å². The van der Waals surface area contributed by atoms with Crippen molar-refractivity contribution < 1.29 is 22.7 Å². The van der Waals surface area contributed by atoms with Crippen molar-refractivity contribution in [3.63, 3.8) is 0 Å². The van der Waals surface area contributed by atoms with Crippen LogP contribution in [0.15, 0.2) is 43.0 Å². The Kier molecular flexibility index (Phi) is 6.08. The van der Waals surface area contributed by atoms with E-state index in [2.05, 4.69) is 25.6 Å². The third-order valence-electron chi connectivity index (χ3n) is 4.98. The van der Waals surface area contributed by atoms with E-state index in [1.165, 1.54) is 24.7 Å². The van der Waals surface area contributed by atoms with Gasteiger partial charge in [-0.3, -0.25) is 9.36 Å². The third kappa shape index (κ3) is 5.05. The maximum atomic E-state index is 12.8. The first kappa shape index (κ1) is 21.8. The normalized spacial score (nSPS) is 16.2. The van der Waals surface area contributed by atoms with Gasteiger partial charge in [0.2, 0.25) is 5.95 Å². The van der Waals surface area contributed by atoms with Crippen LogP contribution in [0.3, 0.4) is 0 Å². The van der Waals surface area contributed by atoms with Crippen LogP contribution in [0.1, 0.15) is 33.6 Å². The van der Waals surface area contributed by atoms with Crippen molar-refractivity contribution >= 4 is 11.9 Å². The molecule has 1 aliphatic heterocycles. The van der Waals surface area contributed by atoms with Gasteiger partial charge in [-0.2, -0.15) is 18.2 Å². The molecule has 4 rings (SSSR count). The standard InChI is InChI=1S/C21H21F3N6O2/c1-13-8-26-20(28-16-5-6-32-11-16)29-18(13)30-10-17(27-12-30)19(31)25-9-14-3-2-4-15(7-14)21(22,23)24/h2-4,7-8,10,12,16H,5-6,9,11H2,1H3,(H,25,31)(H,26,28,29)/t16-/m0/s1. The van der Waals surface area contributed by atoms with Gasteiger partial charge < -0.3 is 15.4 Å². The molecule has 1 aromatic carbocycles. The molecule has 8 nitrogen and oxygen atoms in total. The Morgan fingerprint density at radius 2 is 2.16 bits per heavy atom. The molecule has 0 unspecified atom stereocenters. The van der Waals surface area contributed by atoms with E-state index in [4.69, 9.17) is 4.74 Å². The Labute approximate surface area is 181 Å². The zero-order valence-corrected chi connectivity index (χ0v) is 17.2. The highest BCUT2D eigenvalue weighted by Gasteiger charge is 2.30. The molecule has 0 spiro atoms. The number of alkyl halides is 3. The summed E-state index contributed by atoms with van der Waals surface area (Å²) in [6, 6.07) is 4.96. The van der Waals surface area contributed by atoms with Gasteiger partial charge in [-0.1, -0.05) is 12.1 Å². The second kappa shape index (κ2) is 8.95. The minimum atomic E-state index is -4.44. The van der Waals surface area contributed by atoms with Crippen LogP contribution < -0.4 is 10.6 Å². The van der Waals surface area contributed by atoms with E-state index in [1.54, 1.807) is 10.8 Å².